The first-order valence-electron chi connectivity index (χ1n) is 6.38. The first kappa shape index (κ1) is 13.3. The van der Waals surface area contributed by atoms with Crippen LogP contribution in [0.3, 0.4) is 0 Å². The highest BCUT2D eigenvalue weighted by atomic mass is 16.5. The van der Waals surface area contributed by atoms with Crippen LogP contribution in [0.2, 0.25) is 0 Å². The fraction of sp³-hybridized carbons (Fsp3) is 0.333. The number of rotatable bonds is 4. The molecular formula is C15H17NO3. The molecule has 2 rings (SSSR count). The topological polar surface area (TPSA) is 55.4 Å². The molecule has 100 valence electrons. The van der Waals surface area contributed by atoms with Gasteiger partial charge in [-0.2, -0.15) is 0 Å². The van der Waals surface area contributed by atoms with Crippen molar-refractivity contribution in [2.45, 2.75) is 19.8 Å². The van der Waals surface area contributed by atoms with E-state index in [9.17, 15) is 9.59 Å². The summed E-state index contributed by atoms with van der Waals surface area (Å²) in [6.07, 6.45) is 5.14. The van der Waals surface area contributed by atoms with E-state index in [1.807, 2.05) is 30.4 Å². The van der Waals surface area contributed by atoms with Crippen molar-refractivity contribution >= 4 is 17.8 Å². The van der Waals surface area contributed by atoms with Gasteiger partial charge < -0.3 is 10.1 Å². The van der Waals surface area contributed by atoms with Crippen LogP contribution in [0.5, 0.6) is 5.75 Å². The van der Waals surface area contributed by atoms with Crippen molar-refractivity contribution in [1.29, 1.82) is 0 Å². The Morgan fingerprint density at radius 1 is 1.47 bits per heavy atom. The molecule has 1 heterocycles. The molecule has 0 radical (unpaired) electrons. The predicted molar refractivity (Wildman–Crippen MR) is 73.2 cm³/mol. The molecule has 1 aromatic rings. The average molecular weight is 259 g/mol. The van der Waals surface area contributed by atoms with E-state index >= 15 is 0 Å². The van der Waals surface area contributed by atoms with Gasteiger partial charge in [-0.15, -0.1) is 0 Å². The smallest absolute Gasteiger partial charge is 0.216 e. The number of fused-ring (bicyclic) bond motifs is 1. The molecule has 1 aliphatic heterocycles. The zero-order valence-electron chi connectivity index (χ0n) is 10.9. The van der Waals surface area contributed by atoms with Crippen LogP contribution in [0.4, 0.5) is 0 Å². The normalized spacial score (nSPS) is 14.1. The van der Waals surface area contributed by atoms with Crippen LogP contribution in [0, 0.1) is 0 Å². The minimum atomic E-state index is -0.0232. The third kappa shape index (κ3) is 3.68. The molecule has 0 spiro atoms. The van der Waals surface area contributed by atoms with E-state index in [-0.39, 0.29) is 11.7 Å². The van der Waals surface area contributed by atoms with Gasteiger partial charge in [-0.1, -0.05) is 18.2 Å². The first-order chi connectivity index (χ1) is 9.16. The Hall–Kier alpha value is -2.10. The zero-order valence-corrected chi connectivity index (χ0v) is 10.9. The third-order valence-electron chi connectivity index (χ3n) is 2.89. The van der Waals surface area contributed by atoms with Gasteiger partial charge in [0.05, 0.1) is 12.2 Å². The van der Waals surface area contributed by atoms with Crippen LogP contribution in [0.15, 0.2) is 24.3 Å². The Kier molecular flexibility index (Phi) is 4.34. The first-order valence-corrected chi connectivity index (χ1v) is 6.38. The number of benzene rings is 1. The van der Waals surface area contributed by atoms with Crippen molar-refractivity contribution in [3.63, 3.8) is 0 Å². The van der Waals surface area contributed by atoms with Crippen molar-refractivity contribution in [2.24, 2.45) is 0 Å². The van der Waals surface area contributed by atoms with Crippen molar-refractivity contribution in [3.8, 4) is 5.75 Å². The summed E-state index contributed by atoms with van der Waals surface area (Å²) >= 11 is 0. The van der Waals surface area contributed by atoms with Crippen LogP contribution in [0.25, 0.3) is 6.08 Å². The van der Waals surface area contributed by atoms with Crippen LogP contribution in [0.1, 0.15) is 35.7 Å². The SMILES string of the molecule is CC(=O)NCCC=Cc1ccc2c(c1)C(=O)CCO2. The number of nitrogens with one attached hydrogen (secondary N) is 1. The quantitative estimate of drug-likeness (QED) is 0.843. The van der Waals surface area contributed by atoms with Gasteiger partial charge in [-0.25, -0.2) is 0 Å². The second-order valence-corrected chi connectivity index (χ2v) is 4.45. The average Bonchev–Trinajstić information content (AvgIpc) is 2.39. The summed E-state index contributed by atoms with van der Waals surface area (Å²) in [5, 5.41) is 2.72. The van der Waals surface area contributed by atoms with Crippen LogP contribution in [-0.2, 0) is 4.79 Å². The Labute approximate surface area is 112 Å². The summed E-state index contributed by atoms with van der Waals surface area (Å²) in [7, 11) is 0. The van der Waals surface area contributed by atoms with Gasteiger partial charge in [0.25, 0.3) is 0 Å². The van der Waals surface area contributed by atoms with Gasteiger partial charge in [0.2, 0.25) is 5.91 Å². The molecule has 4 heteroatoms. The standard InChI is InChI=1S/C15H17NO3/c1-11(17)16-8-3-2-4-12-5-6-15-13(10-12)14(18)7-9-19-15/h2,4-6,10H,3,7-9H2,1H3,(H,16,17). The largest absolute Gasteiger partial charge is 0.492 e. The Balaban J connectivity index is 1.98. The highest BCUT2D eigenvalue weighted by molar-refractivity contribution is 6.00. The van der Waals surface area contributed by atoms with E-state index < -0.39 is 0 Å². The number of amides is 1. The van der Waals surface area contributed by atoms with Crippen molar-refractivity contribution in [3.05, 3.63) is 35.4 Å². The summed E-state index contributed by atoms with van der Waals surface area (Å²) in [6.45, 7) is 2.59. The minimum Gasteiger partial charge on any atom is -0.492 e. The number of ether oxygens (including phenoxy) is 1. The molecule has 0 aliphatic carbocycles. The molecule has 0 saturated carbocycles. The van der Waals surface area contributed by atoms with E-state index in [1.54, 1.807) is 0 Å². The third-order valence-corrected chi connectivity index (χ3v) is 2.89. The number of Topliss-reactive ketones (excluding diaryl/α,β-unsaturated/α-hetero) is 1. The van der Waals surface area contributed by atoms with Crippen LogP contribution >= 0.6 is 0 Å². The van der Waals surface area contributed by atoms with Crippen molar-refractivity contribution in [2.75, 3.05) is 13.2 Å². The van der Waals surface area contributed by atoms with Gasteiger partial charge in [-0.05, 0) is 24.1 Å². The summed E-state index contributed by atoms with van der Waals surface area (Å²) < 4.78 is 5.43. The molecule has 1 aliphatic rings. The molecule has 0 bridgehead atoms. The van der Waals surface area contributed by atoms with E-state index in [0.717, 1.165) is 12.0 Å². The van der Waals surface area contributed by atoms with Gasteiger partial charge in [0.1, 0.15) is 5.75 Å². The highest BCUT2D eigenvalue weighted by Gasteiger charge is 2.17. The van der Waals surface area contributed by atoms with E-state index in [4.69, 9.17) is 4.74 Å². The molecule has 1 N–H and O–H groups in total. The summed E-state index contributed by atoms with van der Waals surface area (Å²) in [5.41, 5.74) is 1.63. The monoisotopic (exact) mass is 259 g/mol. The molecule has 0 aromatic heterocycles. The molecule has 0 atom stereocenters. The molecule has 19 heavy (non-hydrogen) atoms. The van der Waals surface area contributed by atoms with E-state index in [0.29, 0.717) is 30.9 Å². The number of carbonyl (C=O) groups excluding carboxylic acids is 2. The lowest BCUT2D eigenvalue weighted by Gasteiger charge is -2.16. The maximum absolute atomic E-state index is 11.7. The highest BCUT2D eigenvalue weighted by Crippen LogP contribution is 2.26. The van der Waals surface area contributed by atoms with Gasteiger partial charge in [-0.3, -0.25) is 9.59 Å². The molecule has 4 nitrogen and oxygen atoms in total. The van der Waals surface area contributed by atoms with E-state index in [2.05, 4.69) is 5.32 Å². The lowest BCUT2D eigenvalue weighted by Crippen LogP contribution is -2.20. The predicted octanol–water partition coefficient (Wildman–Crippen LogP) is 2.19. The maximum Gasteiger partial charge on any atom is 0.216 e. The van der Waals surface area contributed by atoms with Crippen LogP contribution < -0.4 is 10.1 Å². The van der Waals surface area contributed by atoms with Gasteiger partial charge in [0, 0.05) is 19.9 Å². The number of hydrogen-bond donors (Lipinski definition) is 1. The van der Waals surface area contributed by atoms with Crippen molar-refractivity contribution in [1.82, 2.24) is 5.32 Å². The lowest BCUT2D eigenvalue weighted by molar-refractivity contribution is -0.118. The number of ketones is 1. The van der Waals surface area contributed by atoms with Crippen LogP contribution in [-0.4, -0.2) is 24.8 Å². The Bertz CT molecular complexity index is 520. The Morgan fingerprint density at radius 2 is 2.32 bits per heavy atom. The summed E-state index contributed by atoms with van der Waals surface area (Å²) in [4.78, 5) is 22.4. The Morgan fingerprint density at radius 3 is 3.11 bits per heavy atom. The minimum absolute atomic E-state index is 0.0232. The molecule has 0 saturated heterocycles. The molecule has 0 unspecified atom stereocenters. The maximum atomic E-state index is 11.7. The van der Waals surface area contributed by atoms with Gasteiger partial charge in [0.15, 0.2) is 5.78 Å². The second kappa shape index (κ2) is 6.18. The fourth-order valence-electron chi connectivity index (χ4n) is 1.93. The molecular weight excluding hydrogens is 242 g/mol. The number of hydrogen-bond acceptors (Lipinski definition) is 3. The fourth-order valence-corrected chi connectivity index (χ4v) is 1.93. The summed E-state index contributed by atoms with van der Waals surface area (Å²) in [5.74, 6) is 0.784. The van der Waals surface area contributed by atoms with Gasteiger partial charge >= 0.3 is 0 Å². The molecule has 1 aromatic carbocycles. The molecule has 0 fully saturated rings. The summed E-state index contributed by atoms with van der Waals surface area (Å²) in [6, 6.07) is 5.61. The zero-order chi connectivity index (χ0) is 13.7. The van der Waals surface area contributed by atoms with E-state index in [1.165, 1.54) is 6.92 Å². The molecule has 1 amide bonds. The number of carbonyl (C=O) groups is 2. The van der Waals surface area contributed by atoms with Crippen molar-refractivity contribution < 1.29 is 14.3 Å². The second-order valence-electron chi connectivity index (χ2n) is 4.45. The lowest BCUT2D eigenvalue weighted by atomic mass is 10.0.